The third kappa shape index (κ3) is 4.65. The molecule has 2 aromatic heterocycles. The minimum Gasteiger partial charge on any atom is -0.439 e. The Morgan fingerprint density at radius 2 is 1.83 bits per heavy atom. The first kappa shape index (κ1) is 20.0. The number of carbonyl (C=O) groups excluding carboxylic acids is 1. The molecular formula is C22H18IN5O2. The van der Waals surface area contributed by atoms with Gasteiger partial charge in [-0.05, 0) is 85.0 Å². The van der Waals surface area contributed by atoms with Crippen molar-refractivity contribution in [1.29, 1.82) is 0 Å². The lowest BCUT2D eigenvalue weighted by atomic mass is 10.2. The highest BCUT2D eigenvalue weighted by atomic mass is 127. The summed E-state index contributed by atoms with van der Waals surface area (Å²) in [5, 5.41) is 7.31. The second-order valence-electron chi connectivity index (χ2n) is 6.64. The Morgan fingerprint density at radius 1 is 1.03 bits per heavy atom. The minimum absolute atomic E-state index is 0.160. The van der Waals surface area contributed by atoms with Gasteiger partial charge in [-0.3, -0.25) is 4.79 Å². The molecule has 1 N–H and O–H groups in total. The third-order valence-electron chi connectivity index (χ3n) is 4.28. The minimum atomic E-state index is -0.160. The lowest BCUT2D eigenvalue weighted by molar-refractivity contribution is 0.102. The molecule has 8 heteroatoms. The Labute approximate surface area is 187 Å². The van der Waals surface area contributed by atoms with Crippen molar-refractivity contribution >= 4 is 34.2 Å². The molecule has 4 rings (SSSR count). The highest BCUT2D eigenvalue weighted by Gasteiger charge is 2.09. The van der Waals surface area contributed by atoms with Crippen molar-refractivity contribution in [2.24, 2.45) is 0 Å². The maximum Gasteiger partial charge on any atom is 0.255 e. The molecule has 1 amide bonds. The molecule has 0 aliphatic rings. The van der Waals surface area contributed by atoms with E-state index in [0.29, 0.717) is 28.7 Å². The second kappa shape index (κ2) is 8.62. The highest BCUT2D eigenvalue weighted by molar-refractivity contribution is 14.1. The Hall–Kier alpha value is -3.27. The third-order valence-corrected chi connectivity index (χ3v) is 4.95. The van der Waals surface area contributed by atoms with Crippen LogP contribution in [0.3, 0.4) is 0 Å². The van der Waals surface area contributed by atoms with Gasteiger partial charge in [0.2, 0.25) is 5.88 Å². The van der Waals surface area contributed by atoms with Gasteiger partial charge in [-0.2, -0.15) is 5.10 Å². The number of hydrogen-bond acceptors (Lipinski definition) is 5. The fourth-order valence-electron chi connectivity index (χ4n) is 2.92. The molecular weight excluding hydrogens is 493 g/mol. The van der Waals surface area contributed by atoms with E-state index in [9.17, 15) is 4.79 Å². The highest BCUT2D eigenvalue weighted by Crippen LogP contribution is 2.23. The summed E-state index contributed by atoms with van der Waals surface area (Å²) in [5.74, 6) is 1.47. The summed E-state index contributed by atoms with van der Waals surface area (Å²) in [6.07, 6.45) is 1.44. The van der Waals surface area contributed by atoms with Gasteiger partial charge in [0, 0.05) is 26.6 Å². The normalized spacial score (nSPS) is 10.6. The molecule has 0 saturated carbocycles. The Balaban J connectivity index is 1.46. The van der Waals surface area contributed by atoms with E-state index < -0.39 is 0 Å². The second-order valence-corrected chi connectivity index (χ2v) is 7.89. The summed E-state index contributed by atoms with van der Waals surface area (Å²) in [7, 11) is 0. The molecule has 2 aromatic carbocycles. The van der Waals surface area contributed by atoms with E-state index in [1.165, 1.54) is 6.33 Å². The van der Waals surface area contributed by atoms with Gasteiger partial charge < -0.3 is 10.1 Å². The molecule has 0 saturated heterocycles. The van der Waals surface area contributed by atoms with E-state index in [2.05, 4.69) is 43.0 Å². The molecule has 0 unspecified atom stereocenters. The average molecular weight is 511 g/mol. The quantitative estimate of drug-likeness (QED) is 0.385. The van der Waals surface area contributed by atoms with Crippen molar-refractivity contribution in [3.63, 3.8) is 0 Å². The number of nitrogens with zero attached hydrogens (tertiary/aromatic N) is 4. The van der Waals surface area contributed by atoms with Gasteiger partial charge in [-0.25, -0.2) is 14.6 Å². The van der Waals surface area contributed by atoms with E-state index in [1.54, 1.807) is 41.1 Å². The van der Waals surface area contributed by atoms with Gasteiger partial charge >= 0.3 is 0 Å². The molecule has 30 heavy (non-hydrogen) atoms. The van der Waals surface area contributed by atoms with E-state index in [0.717, 1.165) is 15.0 Å². The predicted molar refractivity (Wildman–Crippen MR) is 122 cm³/mol. The summed E-state index contributed by atoms with van der Waals surface area (Å²) in [5.41, 5.74) is 3.18. The van der Waals surface area contributed by atoms with Gasteiger partial charge in [0.25, 0.3) is 5.91 Å². The lowest BCUT2D eigenvalue weighted by Crippen LogP contribution is -2.11. The fourth-order valence-corrected chi connectivity index (χ4v) is 3.47. The zero-order valence-corrected chi connectivity index (χ0v) is 18.5. The smallest absolute Gasteiger partial charge is 0.255 e. The first-order valence-corrected chi connectivity index (χ1v) is 10.3. The van der Waals surface area contributed by atoms with Crippen LogP contribution in [-0.2, 0) is 0 Å². The number of aromatic nitrogens is 4. The number of ether oxygens (including phenoxy) is 1. The maximum absolute atomic E-state index is 12.4. The summed E-state index contributed by atoms with van der Waals surface area (Å²) in [4.78, 5) is 20.8. The number of anilines is 1. The average Bonchev–Trinajstić information content (AvgIpc) is 3.08. The number of rotatable bonds is 5. The Kier molecular flexibility index (Phi) is 5.75. The molecule has 0 bridgehead atoms. The standard InChI is InChI=1S/C22H18IN5O2/c1-14-10-15(2)28(27-14)20-12-21(25-13-24-20)30-19-8-6-18(7-9-19)26-22(29)16-4-3-5-17(23)11-16/h3-13H,1-2H3,(H,26,29). The van der Waals surface area contributed by atoms with E-state index in [1.807, 2.05) is 38.1 Å². The van der Waals surface area contributed by atoms with Crippen LogP contribution in [0.15, 0.2) is 67.0 Å². The topological polar surface area (TPSA) is 81.9 Å². The number of aryl methyl sites for hydroxylation is 2. The van der Waals surface area contributed by atoms with Crippen LogP contribution in [0.25, 0.3) is 5.82 Å². The van der Waals surface area contributed by atoms with Crippen LogP contribution < -0.4 is 10.1 Å². The first-order chi connectivity index (χ1) is 14.5. The van der Waals surface area contributed by atoms with Crippen LogP contribution in [0.2, 0.25) is 0 Å². The van der Waals surface area contributed by atoms with E-state index in [-0.39, 0.29) is 5.91 Å². The summed E-state index contributed by atoms with van der Waals surface area (Å²) in [6.45, 7) is 3.90. The van der Waals surface area contributed by atoms with Crippen molar-refractivity contribution < 1.29 is 9.53 Å². The number of amides is 1. The van der Waals surface area contributed by atoms with Crippen LogP contribution in [0, 0.1) is 17.4 Å². The molecule has 4 aromatic rings. The molecule has 0 atom stereocenters. The molecule has 0 spiro atoms. The van der Waals surface area contributed by atoms with Crippen molar-refractivity contribution in [2.45, 2.75) is 13.8 Å². The molecule has 0 aliphatic carbocycles. The van der Waals surface area contributed by atoms with E-state index >= 15 is 0 Å². The van der Waals surface area contributed by atoms with Gasteiger partial charge in [-0.15, -0.1) is 0 Å². The number of hydrogen-bond donors (Lipinski definition) is 1. The van der Waals surface area contributed by atoms with Gasteiger partial charge in [0.15, 0.2) is 5.82 Å². The summed E-state index contributed by atoms with van der Waals surface area (Å²) >= 11 is 2.18. The van der Waals surface area contributed by atoms with Crippen molar-refractivity contribution in [1.82, 2.24) is 19.7 Å². The molecule has 2 heterocycles. The Bertz CT molecular complexity index is 1200. The number of nitrogens with one attached hydrogen (secondary N) is 1. The van der Waals surface area contributed by atoms with Crippen LogP contribution in [-0.4, -0.2) is 25.7 Å². The zero-order chi connectivity index (χ0) is 21.1. The first-order valence-electron chi connectivity index (χ1n) is 9.18. The van der Waals surface area contributed by atoms with Crippen molar-refractivity contribution in [3.05, 3.63) is 87.5 Å². The molecule has 0 fully saturated rings. The van der Waals surface area contributed by atoms with Crippen molar-refractivity contribution in [3.8, 4) is 17.4 Å². The van der Waals surface area contributed by atoms with Crippen LogP contribution >= 0.6 is 22.6 Å². The van der Waals surface area contributed by atoms with Gasteiger partial charge in [0.1, 0.15) is 12.1 Å². The van der Waals surface area contributed by atoms with Crippen LogP contribution in [0.4, 0.5) is 5.69 Å². The molecule has 0 radical (unpaired) electrons. The van der Waals surface area contributed by atoms with Gasteiger partial charge in [0.05, 0.1) is 5.69 Å². The Morgan fingerprint density at radius 3 is 2.53 bits per heavy atom. The predicted octanol–water partition coefficient (Wildman–Crippen LogP) is 4.93. The zero-order valence-electron chi connectivity index (χ0n) is 16.3. The number of benzene rings is 2. The number of halogens is 1. The van der Waals surface area contributed by atoms with E-state index in [4.69, 9.17) is 4.74 Å². The number of carbonyl (C=O) groups is 1. The largest absolute Gasteiger partial charge is 0.439 e. The maximum atomic E-state index is 12.4. The molecule has 7 nitrogen and oxygen atoms in total. The SMILES string of the molecule is Cc1cc(C)n(-c2cc(Oc3ccc(NC(=O)c4cccc(I)c4)cc3)ncn2)n1. The molecule has 150 valence electrons. The van der Waals surface area contributed by atoms with Crippen LogP contribution in [0.5, 0.6) is 11.6 Å². The van der Waals surface area contributed by atoms with Crippen LogP contribution in [0.1, 0.15) is 21.7 Å². The van der Waals surface area contributed by atoms with Crippen molar-refractivity contribution in [2.75, 3.05) is 5.32 Å². The fraction of sp³-hybridized carbons (Fsp3) is 0.0909. The summed E-state index contributed by atoms with van der Waals surface area (Å²) < 4.78 is 8.59. The van der Waals surface area contributed by atoms with Gasteiger partial charge in [-0.1, -0.05) is 6.07 Å². The lowest BCUT2D eigenvalue weighted by Gasteiger charge is -2.09. The molecule has 0 aliphatic heterocycles. The summed E-state index contributed by atoms with van der Waals surface area (Å²) in [6, 6.07) is 18.2. The monoisotopic (exact) mass is 511 g/mol.